The number of aromatic nitrogens is 6. The van der Waals surface area contributed by atoms with Gasteiger partial charge < -0.3 is 15.0 Å². The minimum absolute atomic E-state index is 0.0697. The van der Waals surface area contributed by atoms with E-state index >= 15 is 0 Å². The molecule has 0 aliphatic heterocycles. The zero-order valence-corrected chi connectivity index (χ0v) is 16.3. The van der Waals surface area contributed by atoms with Crippen LogP contribution in [-0.2, 0) is 4.79 Å². The van der Waals surface area contributed by atoms with Gasteiger partial charge in [0.15, 0.2) is 5.82 Å². The minimum Gasteiger partial charge on any atom is -0.491 e. The zero-order valence-electron chi connectivity index (χ0n) is 16.3. The van der Waals surface area contributed by atoms with E-state index < -0.39 is 11.9 Å². The maximum atomic E-state index is 11.4. The predicted octanol–water partition coefficient (Wildman–Crippen LogP) is 2.72. The number of ether oxygens (including phenoxy) is 1. The molecule has 1 atom stereocenters. The molecule has 0 saturated heterocycles. The highest BCUT2D eigenvalue weighted by Gasteiger charge is 2.16. The van der Waals surface area contributed by atoms with Crippen molar-refractivity contribution in [3.8, 4) is 28.7 Å². The Morgan fingerprint density at radius 1 is 1.17 bits per heavy atom. The van der Waals surface area contributed by atoms with Crippen molar-refractivity contribution in [1.82, 2.24) is 29.7 Å². The molecule has 148 valence electrons. The van der Waals surface area contributed by atoms with Gasteiger partial charge in [-0.1, -0.05) is 0 Å². The molecular weight excluding hydrogens is 370 g/mol. The number of primary amides is 1. The van der Waals surface area contributed by atoms with E-state index in [1.54, 1.807) is 36.3 Å². The lowest BCUT2D eigenvalue weighted by Gasteiger charge is -2.09. The van der Waals surface area contributed by atoms with E-state index in [9.17, 15) is 4.79 Å². The molecule has 3 aromatic heterocycles. The van der Waals surface area contributed by atoms with Crippen LogP contribution in [0.5, 0.6) is 5.75 Å². The van der Waals surface area contributed by atoms with E-state index in [1.165, 1.54) is 0 Å². The third kappa shape index (κ3) is 3.66. The first-order valence-electron chi connectivity index (χ1n) is 9.23. The van der Waals surface area contributed by atoms with Crippen LogP contribution in [0, 0.1) is 0 Å². The number of hydrogen-bond donors (Lipinski definition) is 2. The van der Waals surface area contributed by atoms with Crippen LogP contribution in [0.1, 0.15) is 26.8 Å². The molecule has 9 heteroatoms. The van der Waals surface area contributed by atoms with Crippen molar-refractivity contribution in [3.05, 3.63) is 43.0 Å². The molecule has 0 saturated carbocycles. The smallest absolute Gasteiger partial charge is 0.240 e. The van der Waals surface area contributed by atoms with Crippen LogP contribution in [0.25, 0.3) is 33.8 Å². The van der Waals surface area contributed by atoms with Crippen molar-refractivity contribution in [2.24, 2.45) is 5.73 Å². The summed E-state index contributed by atoms with van der Waals surface area (Å²) in [7, 11) is 0. The van der Waals surface area contributed by atoms with Gasteiger partial charge in [-0.05, 0) is 45.0 Å². The summed E-state index contributed by atoms with van der Waals surface area (Å²) in [5, 5.41) is 8.25. The number of benzene rings is 1. The minimum atomic E-state index is -0.493. The van der Waals surface area contributed by atoms with Crippen LogP contribution in [0.2, 0.25) is 0 Å². The molecule has 1 unspecified atom stereocenters. The van der Waals surface area contributed by atoms with Gasteiger partial charge in [-0.15, -0.1) is 0 Å². The van der Waals surface area contributed by atoms with Crippen LogP contribution >= 0.6 is 0 Å². The maximum Gasteiger partial charge on any atom is 0.240 e. The Labute approximate surface area is 167 Å². The van der Waals surface area contributed by atoms with Crippen LogP contribution in [0.3, 0.4) is 0 Å². The lowest BCUT2D eigenvalue weighted by Crippen LogP contribution is -2.22. The Balaban J connectivity index is 1.71. The summed E-state index contributed by atoms with van der Waals surface area (Å²) in [5.74, 6) is 0.790. The average Bonchev–Trinajstić information content (AvgIpc) is 3.34. The van der Waals surface area contributed by atoms with Crippen molar-refractivity contribution in [2.75, 3.05) is 0 Å². The number of H-pyrrole nitrogens is 1. The number of amides is 1. The second-order valence-electron chi connectivity index (χ2n) is 7.00. The van der Waals surface area contributed by atoms with Gasteiger partial charge in [0.2, 0.25) is 5.91 Å². The summed E-state index contributed by atoms with van der Waals surface area (Å²) in [6, 6.07) is 7.00. The van der Waals surface area contributed by atoms with Crippen molar-refractivity contribution in [3.63, 3.8) is 0 Å². The second kappa shape index (κ2) is 7.34. The van der Waals surface area contributed by atoms with Gasteiger partial charge in [0.05, 0.1) is 23.6 Å². The first kappa shape index (κ1) is 18.6. The molecular formula is C20H21N7O2. The number of aromatic amines is 1. The monoisotopic (exact) mass is 391 g/mol. The van der Waals surface area contributed by atoms with Crippen molar-refractivity contribution >= 4 is 16.8 Å². The summed E-state index contributed by atoms with van der Waals surface area (Å²) in [4.78, 5) is 24.7. The quantitative estimate of drug-likeness (QED) is 0.521. The van der Waals surface area contributed by atoms with Gasteiger partial charge in [-0.25, -0.2) is 15.0 Å². The van der Waals surface area contributed by atoms with Crippen molar-refractivity contribution < 1.29 is 9.53 Å². The molecule has 0 aliphatic carbocycles. The van der Waals surface area contributed by atoms with Gasteiger partial charge in [-0.2, -0.15) is 5.10 Å². The topological polar surface area (TPSA) is 125 Å². The Morgan fingerprint density at radius 2 is 2.00 bits per heavy atom. The molecule has 0 aliphatic rings. The highest BCUT2D eigenvalue weighted by atomic mass is 16.5. The van der Waals surface area contributed by atoms with E-state index in [-0.39, 0.29) is 6.10 Å². The fourth-order valence-electron chi connectivity index (χ4n) is 2.95. The van der Waals surface area contributed by atoms with E-state index in [0.29, 0.717) is 22.9 Å². The third-order valence-electron chi connectivity index (χ3n) is 4.50. The van der Waals surface area contributed by atoms with E-state index in [0.717, 1.165) is 16.7 Å². The van der Waals surface area contributed by atoms with Gasteiger partial charge >= 0.3 is 0 Å². The molecule has 4 aromatic rings. The molecule has 29 heavy (non-hydrogen) atoms. The number of fused-ring (bicyclic) bond motifs is 1. The first-order valence-corrected chi connectivity index (χ1v) is 9.23. The fraction of sp³-hybridized carbons (Fsp3) is 0.250. The standard InChI is InChI=1S/C20H21N7O2/c1-11(2)29-13-4-5-15-14(8-13)18(26-25-15)20-22-7-6-16(24-20)17-9-27(10-23-17)12(3)19(21)28/h4-12H,1-3H3,(H2,21,28)(H,25,26). The number of imidazole rings is 1. The summed E-state index contributed by atoms with van der Waals surface area (Å²) < 4.78 is 7.44. The summed E-state index contributed by atoms with van der Waals surface area (Å²) in [6.07, 6.45) is 5.02. The number of carbonyl (C=O) groups is 1. The van der Waals surface area contributed by atoms with Crippen molar-refractivity contribution in [1.29, 1.82) is 0 Å². The van der Waals surface area contributed by atoms with Crippen molar-refractivity contribution in [2.45, 2.75) is 32.9 Å². The predicted molar refractivity (Wildman–Crippen MR) is 108 cm³/mol. The highest BCUT2D eigenvalue weighted by molar-refractivity contribution is 5.92. The molecule has 0 bridgehead atoms. The molecule has 0 spiro atoms. The molecule has 4 rings (SSSR count). The molecule has 3 N–H and O–H groups in total. The molecule has 0 radical (unpaired) electrons. The number of carbonyl (C=O) groups excluding carboxylic acids is 1. The fourth-order valence-corrected chi connectivity index (χ4v) is 2.95. The Bertz CT molecular complexity index is 1180. The first-order chi connectivity index (χ1) is 13.9. The number of nitrogens with two attached hydrogens (primary N) is 1. The normalized spacial score (nSPS) is 12.4. The van der Waals surface area contributed by atoms with E-state index in [1.807, 2.05) is 32.0 Å². The van der Waals surface area contributed by atoms with Gasteiger partial charge in [0.25, 0.3) is 0 Å². The van der Waals surface area contributed by atoms with Gasteiger partial charge in [0, 0.05) is 17.8 Å². The summed E-state index contributed by atoms with van der Waals surface area (Å²) >= 11 is 0. The highest BCUT2D eigenvalue weighted by Crippen LogP contribution is 2.29. The van der Waals surface area contributed by atoms with Gasteiger partial charge in [-0.3, -0.25) is 9.89 Å². The summed E-state index contributed by atoms with van der Waals surface area (Å²) in [5.41, 5.74) is 8.09. The SMILES string of the molecule is CC(C)Oc1ccc2[nH]nc(-c3nccc(-c4cn(C(C)C(N)=O)cn4)n3)c2c1. The van der Waals surface area contributed by atoms with E-state index in [4.69, 9.17) is 10.5 Å². The van der Waals surface area contributed by atoms with E-state index in [2.05, 4.69) is 25.1 Å². The van der Waals surface area contributed by atoms with Crippen LogP contribution < -0.4 is 10.5 Å². The molecule has 3 heterocycles. The zero-order chi connectivity index (χ0) is 20.5. The number of rotatable bonds is 6. The Hall–Kier alpha value is -3.75. The van der Waals surface area contributed by atoms with Gasteiger partial charge in [0.1, 0.15) is 23.2 Å². The molecule has 9 nitrogen and oxygen atoms in total. The lowest BCUT2D eigenvalue weighted by molar-refractivity contribution is -0.120. The second-order valence-corrected chi connectivity index (χ2v) is 7.00. The summed E-state index contributed by atoms with van der Waals surface area (Å²) in [6.45, 7) is 5.67. The molecule has 1 amide bonds. The Kier molecular flexibility index (Phi) is 4.71. The number of nitrogens with zero attached hydrogens (tertiary/aromatic N) is 5. The van der Waals surface area contributed by atoms with Crippen LogP contribution in [0.4, 0.5) is 0 Å². The number of nitrogens with one attached hydrogen (secondary N) is 1. The Morgan fingerprint density at radius 3 is 2.76 bits per heavy atom. The average molecular weight is 391 g/mol. The number of hydrogen-bond acceptors (Lipinski definition) is 6. The van der Waals surface area contributed by atoms with Crippen LogP contribution in [0.15, 0.2) is 43.0 Å². The third-order valence-corrected chi connectivity index (χ3v) is 4.50. The lowest BCUT2D eigenvalue weighted by atomic mass is 10.2. The molecule has 0 fully saturated rings. The largest absolute Gasteiger partial charge is 0.491 e. The van der Waals surface area contributed by atoms with Crippen LogP contribution in [-0.4, -0.2) is 41.7 Å². The maximum absolute atomic E-state index is 11.4. The molecule has 1 aromatic carbocycles.